The van der Waals surface area contributed by atoms with E-state index in [4.69, 9.17) is 0 Å². The topological polar surface area (TPSA) is 65.1 Å². The number of rotatable bonds is 4. The summed E-state index contributed by atoms with van der Waals surface area (Å²) in [5, 5.41) is 15.0. The van der Waals surface area contributed by atoms with Crippen LogP contribution in [0.1, 0.15) is 35.4 Å². The maximum absolute atomic E-state index is 12.8. The fourth-order valence-electron chi connectivity index (χ4n) is 4.02. The second-order valence-electron chi connectivity index (χ2n) is 7.06. The monoisotopic (exact) mass is 384 g/mol. The van der Waals surface area contributed by atoms with E-state index in [1.165, 1.54) is 4.57 Å². The molecule has 136 valence electrons. The van der Waals surface area contributed by atoms with Crippen molar-refractivity contribution in [2.24, 2.45) is 0 Å². The SMILES string of the molecule is O=c1c([N+](=O)[O-])c(Cc2cccc3ccccc23)c(C2CC2)c2n1[CH-]CS2.[Li+]. The van der Waals surface area contributed by atoms with E-state index in [1.54, 1.807) is 18.3 Å². The molecule has 1 aliphatic carbocycles. The number of nitrogens with zero attached hydrogens (tertiary/aromatic N) is 2. The van der Waals surface area contributed by atoms with Gasteiger partial charge in [-0.15, -0.1) is 6.54 Å². The first-order chi connectivity index (χ1) is 13.1. The molecule has 3 aromatic rings. The zero-order valence-corrected chi connectivity index (χ0v) is 16.4. The Kier molecular flexibility index (Phi) is 5.05. The Morgan fingerprint density at radius 1 is 1.18 bits per heavy atom. The second kappa shape index (κ2) is 7.36. The average molecular weight is 384 g/mol. The van der Waals surface area contributed by atoms with Crippen LogP contribution in [0.4, 0.5) is 5.69 Å². The Morgan fingerprint density at radius 2 is 1.93 bits per heavy atom. The van der Waals surface area contributed by atoms with Crippen molar-refractivity contribution < 1.29 is 23.8 Å². The van der Waals surface area contributed by atoms with Crippen molar-refractivity contribution in [3.8, 4) is 0 Å². The summed E-state index contributed by atoms with van der Waals surface area (Å²) in [6.45, 7) is 1.77. The number of hydrogen-bond donors (Lipinski definition) is 0. The van der Waals surface area contributed by atoms with Crippen molar-refractivity contribution in [1.29, 1.82) is 0 Å². The number of thioether (sulfide) groups is 1. The van der Waals surface area contributed by atoms with E-state index >= 15 is 0 Å². The predicted molar refractivity (Wildman–Crippen MR) is 107 cm³/mol. The largest absolute Gasteiger partial charge is 1.00 e. The summed E-state index contributed by atoms with van der Waals surface area (Å²) < 4.78 is 1.50. The van der Waals surface area contributed by atoms with E-state index in [1.807, 2.05) is 42.5 Å². The van der Waals surface area contributed by atoms with E-state index in [2.05, 4.69) is 0 Å². The van der Waals surface area contributed by atoms with E-state index in [9.17, 15) is 14.9 Å². The molecule has 0 spiro atoms. The molecule has 0 radical (unpaired) electrons. The Hall–Kier alpha value is -2.13. The first-order valence-corrected chi connectivity index (χ1v) is 10.0. The minimum absolute atomic E-state index is 0. The van der Waals surface area contributed by atoms with Gasteiger partial charge in [0.25, 0.3) is 5.69 Å². The second-order valence-corrected chi connectivity index (χ2v) is 8.07. The van der Waals surface area contributed by atoms with Crippen molar-refractivity contribution in [2.75, 3.05) is 5.75 Å². The molecule has 28 heavy (non-hydrogen) atoms. The molecule has 0 saturated heterocycles. The van der Waals surface area contributed by atoms with Crippen molar-refractivity contribution in [2.45, 2.75) is 30.2 Å². The zero-order chi connectivity index (χ0) is 18.5. The van der Waals surface area contributed by atoms with Gasteiger partial charge in [-0.25, -0.2) is 0 Å². The van der Waals surface area contributed by atoms with Gasteiger partial charge < -0.3 is 9.36 Å². The maximum Gasteiger partial charge on any atom is 1.00 e. The molecule has 1 saturated carbocycles. The zero-order valence-electron chi connectivity index (χ0n) is 15.6. The summed E-state index contributed by atoms with van der Waals surface area (Å²) in [4.78, 5) is 24.2. The molecule has 2 aliphatic rings. The molecular formula is C21H17LiN2O3S. The maximum atomic E-state index is 12.8. The van der Waals surface area contributed by atoms with Gasteiger partial charge in [0.15, 0.2) is 0 Å². The van der Waals surface area contributed by atoms with Crippen LogP contribution < -0.4 is 24.4 Å². The molecule has 0 unspecified atom stereocenters. The van der Waals surface area contributed by atoms with Gasteiger partial charge in [0, 0.05) is 12.0 Å². The van der Waals surface area contributed by atoms with Crippen LogP contribution in [0.3, 0.4) is 0 Å². The van der Waals surface area contributed by atoms with Crippen molar-refractivity contribution in [3.63, 3.8) is 0 Å². The van der Waals surface area contributed by atoms with E-state index in [-0.39, 0.29) is 24.5 Å². The molecule has 2 aromatic carbocycles. The molecule has 1 aliphatic heterocycles. The number of aromatic nitrogens is 1. The summed E-state index contributed by atoms with van der Waals surface area (Å²) in [6.07, 6.45) is 2.48. The van der Waals surface area contributed by atoms with Gasteiger partial charge in [0.05, 0.1) is 4.92 Å². The summed E-state index contributed by atoms with van der Waals surface area (Å²) in [5.74, 6) is 1.01. The van der Waals surface area contributed by atoms with Gasteiger partial charge in [-0.3, -0.25) is 10.1 Å². The fraction of sp³-hybridized carbons (Fsp3) is 0.238. The molecule has 7 heteroatoms. The standard InChI is InChI=1S/C21H17N2O3S.Li/c24-20-19(23(25)26)17(18(14-8-9-14)21-22(20)10-11-27-21)12-15-6-3-5-13-4-1-2-7-16(13)15;/h1-7,10,14H,8-9,11-12H2;/q-1;+1. The van der Waals surface area contributed by atoms with Crippen LogP contribution in [0.15, 0.2) is 52.3 Å². The molecule has 2 heterocycles. The van der Waals surface area contributed by atoms with Crippen molar-refractivity contribution >= 4 is 28.2 Å². The molecule has 0 amide bonds. The van der Waals surface area contributed by atoms with Gasteiger partial charge in [0.1, 0.15) is 0 Å². The van der Waals surface area contributed by atoms with Crippen molar-refractivity contribution in [1.82, 2.24) is 4.57 Å². The van der Waals surface area contributed by atoms with Gasteiger partial charge in [-0.05, 0) is 45.9 Å². The van der Waals surface area contributed by atoms with Gasteiger partial charge >= 0.3 is 18.9 Å². The first kappa shape index (κ1) is 19.2. The van der Waals surface area contributed by atoms with Crippen LogP contribution >= 0.6 is 11.8 Å². The van der Waals surface area contributed by atoms with E-state index in [0.717, 1.165) is 39.8 Å². The molecule has 5 nitrogen and oxygen atoms in total. The molecule has 5 rings (SSSR count). The van der Waals surface area contributed by atoms with Crippen LogP contribution in [0.2, 0.25) is 0 Å². The van der Waals surface area contributed by atoms with Crippen molar-refractivity contribution in [3.05, 3.63) is 86.2 Å². The third-order valence-corrected chi connectivity index (χ3v) is 6.38. The third kappa shape index (κ3) is 3.06. The molecule has 1 aromatic heterocycles. The van der Waals surface area contributed by atoms with Crippen LogP contribution in [-0.4, -0.2) is 15.2 Å². The van der Waals surface area contributed by atoms with Crippen LogP contribution in [-0.2, 0) is 6.42 Å². The Balaban J connectivity index is 0.00000192. The number of benzene rings is 2. The minimum Gasteiger partial charge on any atom is -0.435 e. The molecule has 0 N–H and O–H groups in total. The van der Waals surface area contributed by atoms with Crippen LogP contribution in [0, 0.1) is 16.7 Å². The number of pyridine rings is 1. The number of fused-ring (bicyclic) bond motifs is 2. The Labute approximate surface area is 178 Å². The van der Waals surface area contributed by atoms with Crippen LogP contribution in [0.5, 0.6) is 0 Å². The third-order valence-electron chi connectivity index (χ3n) is 5.37. The number of hydrogen-bond acceptors (Lipinski definition) is 4. The minimum atomic E-state index is -0.500. The number of nitro groups is 1. The summed E-state index contributed by atoms with van der Waals surface area (Å²) in [6, 6.07) is 14.1. The first-order valence-electron chi connectivity index (χ1n) is 9.03. The fourth-order valence-corrected chi connectivity index (χ4v) is 5.15. The smallest absolute Gasteiger partial charge is 0.435 e. The average Bonchev–Trinajstić information content (AvgIpc) is 3.37. The Morgan fingerprint density at radius 3 is 2.68 bits per heavy atom. The van der Waals surface area contributed by atoms with Gasteiger partial charge in [-0.2, -0.15) is 11.8 Å². The van der Waals surface area contributed by atoms with Crippen LogP contribution in [0.25, 0.3) is 10.8 Å². The molecular weight excluding hydrogens is 367 g/mol. The molecule has 0 atom stereocenters. The van der Waals surface area contributed by atoms with Gasteiger partial charge in [-0.1, -0.05) is 48.0 Å². The van der Waals surface area contributed by atoms with E-state index < -0.39 is 10.5 Å². The van der Waals surface area contributed by atoms with E-state index in [0.29, 0.717) is 23.7 Å². The quantitative estimate of drug-likeness (QED) is 0.296. The molecule has 1 fully saturated rings. The molecule has 0 bridgehead atoms. The summed E-state index contributed by atoms with van der Waals surface area (Å²) in [5.41, 5.74) is 1.90. The summed E-state index contributed by atoms with van der Waals surface area (Å²) >= 11 is 1.61. The Bertz CT molecular complexity index is 1150. The predicted octanol–water partition coefficient (Wildman–Crippen LogP) is 1.50. The summed E-state index contributed by atoms with van der Waals surface area (Å²) in [7, 11) is 0. The van der Waals surface area contributed by atoms with Gasteiger partial charge in [0.2, 0.25) is 5.56 Å². The normalized spacial score (nSPS) is 15.0.